The van der Waals surface area contributed by atoms with Gasteiger partial charge in [-0.3, -0.25) is 4.79 Å². The maximum Gasteiger partial charge on any atom is 0.328 e. The van der Waals surface area contributed by atoms with Crippen LogP contribution in [0.5, 0.6) is 17.5 Å². The van der Waals surface area contributed by atoms with E-state index < -0.39 is 0 Å². The van der Waals surface area contributed by atoms with Crippen molar-refractivity contribution in [2.75, 3.05) is 69.5 Å². The van der Waals surface area contributed by atoms with E-state index in [1.165, 1.54) is 11.3 Å². The third-order valence-corrected chi connectivity index (χ3v) is 7.98. The lowest BCUT2D eigenvalue weighted by atomic mass is 10.2. The monoisotopic (exact) mass is 573 g/mol. The minimum absolute atomic E-state index is 0.102. The smallest absolute Gasteiger partial charge is 0.328 e. The van der Waals surface area contributed by atoms with Crippen LogP contribution < -0.4 is 29.4 Å². The van der Waals surface area contributed by atoms with Crippen molar-refractivity contribution in [1.29, 1.82) is 0 Å². The number of nitrogens with zero attached hydrogens (tertiary/aromatic N) is 7. The van der Waals surface area contributed by atoms with Crippen molar-refractivity contribution in [1.82, 2.24) is 24.3 Å². The number of fused-ring (bicyclic) bond motifs is 3. The van der Waals surface area contributed by atoms with Crippen LogP contribution >= 0.6 is 11.3 Å². The fourth-order valence-corrected chi connectivity index (χ4v) is 5.90. The first-order valence-electron chi connectivity index (χ1n) is 13.4. The van der Waals surface area contributed by atoms with Crippen molar-refractivity contribution in [3.8, 4) is 17.5 Å². The molecule has 0 N–H and O–H groups in total. The normalized spacial score (nSPS) is 16.6. The molecular weight excluding hydrogens is 546 g/mol. The third-order valence-electron chi connectivity index (χ3n) is 7.01. The number of para-hydroxylation sites is 2. The van der Waals surface area contributed by atoms with E-state index in [1.807, 2.05) is 42.5 Å². The summed E-state index contributed by atoms with van der Waals surface area (Å²) in [5, 5.41) is 0. The number of hydrogen-bond acceptors (Lipinski definition) is 12. The molecule has 0 amide bonds. The SMILES string of the molecule is COc1cc(/C=c2\sc3nc4ccccc4n3c2=O)ccc1Oc1nc(N2CCOCC2)nc(N2CCOCC2)n1. The molecule has 5 aromatic rings. The van der Waals surface area contributed by atoms with Crippen LogP contribution in [0.25, 0.3) is 22.1 Å². The average molecular weight is 574 g/mol. The standard InChI is InChI=1S/C28H27N7O5S/c1-37-22-16-18(17-23-24(36)35-20-5-3-2-4-19(20)29-28(35)41-23)6-7-21(22)40-27-31-25(33-8-12-38-13-9-33)30-26(32-27)34-10-14-39-15-11-34/h2-7,16-17H,8-15H2,1H3/b23-17-. The van der Waals surface area contributed by atoms with Crippen LogP contribution in [0, 0.1) is 0 Å². The van der Waals surface area contributed by atoms with Crippen LogP contribution in [-0.2, 0) is 9.47 Å². The van der Waals surface area contributed by atoms with Crippen molar-refractivity contribution in [3.63, 3.8) is 0 Å². The Kier molecular flexibility index (Phi) is 6.82. The Balaban J connectivity index is 1.21. The van der Waals surface area contributed by atoms with Crippen molar-refractivity contribution < 1.29 is 18.9 Å². The number of methoxy groups -OCH3 is 1. The van der Waals surface area contributed by atoms with Gasteiger partial charge in [0.05, 0.1) is 49.1 Å². The Bertz CT molecular complexity index is 1790. The molecule has 0 spiro atoms. The average Bonchev–Trinajstić information content (AvgIpc) is 3.54. The Hall–Kier alpha value is -4.33. The summed E-state index contributed by atoms with van der Waals surface area (Å²) in [6.07, 6.45) is 1.83. The zero-order valence-electron chi connectivity index (χ0n) is 22.4. The number of imidazole rings is 1. The van der Waals surface area contributed by atoms with Crippen LogP contribution in [0.15, 0.2) is 47.3 Å². The maximum absolute atomic E-state index is 13.2. The van der Waals surface area contributed by atoms with Crippen LogP contribution in [0.4, 0.5) is 11.9 Å². The number of aromatic nitrogens is 5. The van der Waals surface area contributed by atoms with Gasteiger partial charge in [-0.15, -0.1) is 0 Å². The zero-order valence-corrected chi connectivity index (χ0v) is 23.2. The Labute approximate surface area is 238 Å². The van der Waals surface area contributed by atoms with Gasteiger partial charge in [0.2, 0.25) is 11.9 Å². The number of ether oxygens (including phenoxy) is 4. The summed E-state index contributed by atoms with van der Waals surface area (Å²) in [5.74, 6) is 2.02. The summed E-state index contributed by atoms with van der Waals surface area (Å²) in [4.78, 5) is 36.6. The summed E-state index contributed by atoms with van der Waals surface area (Å²) in [5.41, 5.74) is 2.29. The Morgan fingerprint density at radius 1 is 0.854 bits per heavy atom. The van der Waals surface area contributed by atoms with Gasteiger partial charge in [0, 0.05) is 26.2 Å². The molecule has 7 rings (SSSR count). The van der Waals surface area contributed by atoms with Crippen LogP contribution in [0.2, 0.25) is 0 Å². The molecule has 2 aromatic carbocycles. The van der Waals surface area contributed by atoms with Gasteiger partial charge >= 0.3 is 6.01 Å². The molecule has 41 heavy (non-hydrogen) atoms. The summed E-state index contributed by atoms with van der Waals surface area (Å²) in [6.45, 7) is 5.18. The molecule has 12 nitrogen and oxygen atoms in total. The summed E-state index contributed by atoms with van der Waals surface area (Å²) < 4.78 is 25.1. The second-order valence-corrected chi connectivity index (χ2v) is 10.6. The number of hydrogen-bond donors (Lipinski definition) is 0. The second kappa shape index (κ2) is 10.9. The Morgan fingerprint density at radius 2 is 1.54 bits per heavy atom. The highest BCUT2D eigenvalue weighted by Crippen LogP contribution is 2.32. The van der Waals surface area contributed by atoms with E-state index in [0.717, 1.165) is 16.6 Å². The molecule has 0 atom stereocenters. The number of thiazole rings is 1. The largest absolute Gasteiger partial charge is 0.493 e. The number of morpholine rings is 2. The molecule has 13 heteroatoms. The molecule has 0 saturated carbocycles. The molecule has 0 radical (unpaired) electrons. The minimum Gasteiger partial charge on any atom is -0.493 e. The Morgan fingerprint density at radius 3 is 2.22 bits per heavy atom. The van der Waals surface area contributed by atoms with E-state index in [1.54, 1.807) is 17.6 Å². The maximum atomic E-state index is 13.2. The van der Waals surface area contributed by atoms with E-state index in [9.17, 15) is 4.79 Å². The van der Waals surface area contributed by atoms with Gasteiger partial charge in [0.15, 0.2) is 16.5 Å². The highest BCUT2D eigenvalue weighted by Gasteiger charge is 2.22. The second-order valence-electron chi connectivity index (χ2n) is 9.56. The molecule has 0 bridgehead atoms. The topological polar surface area (TPSA) is 116 Å². The van der Waals surface area contributed by atoms with Crippen molar-refractivity contribution in [2.24, 2.45) is 0 Å². The predicted molar refractivity (Wildman–Crippen MR) is 155 cm³/mol. The predicted octanol–water partition coefficient (Wildman–Crippen LogP) is 2.12. The number of benzene rings is 2. The van der Waals surface area contributed by atoms with Gasteiger partial charge in [-0.05, 0) is 35.9 Å². The van der Waals surface area contributed by atoms with Gasteiger partial charge in [-0.2, -0.15) is 15.0 Å². The first-order chi connectivity index (χ1) is 20.2. The molecular formula is C28H27N7O5S. The lowest BCUT2D eigenvalue weighted by Crippen LogP contribution is -2.40. The zero-order chi connectivity index (χ0) is 27.8. The van der Waals surface area contributed by atoms with Crippen LogP contribution in [0.3, 0.4) is 0 Å². The quantitative estimate of drug-likeness (QED) is 0.297. The van der Waals surface area contributed by atoms with E-state index in [-0.39, 0.29) is 11.6 Å². The minimum atomic E-state index is -0.102. The van der Waals surface area contributed by atoms with Gasteiger partial charge < -0.3 is 28.7 Å². The van der Waals surface area contributed by atoms with Crippen LogP contribution in [-0.4, -0.2) is 84.1 Å². The fourth-order valence-electron chi connectivity index (χ4n) is 4.91. The fraction of sp³-hybridized carbons (Fsp3) is 0.321. The lowest BCUT2D eigenvalue weighted by molar-refractivity contribution is 0.121. The number of rotatable bonds is 6. The first kappa shape index (κ1) is 25.6. The number of anilines is 2. The summed E-state index contributed by atoms with van der Waals surface area (Å²) >= 11 is 1.35. The molecule has 5 heterocycles. The first-order valence-corrected chi connectivity index (χ1v) is 14.2. The van der Waals surface area contributed by atoms with Gasteiger partial charge in [0.25, 0.3) is 5.56 Å². The van der Waals surface area contributed by atoms with E-state index in [2.05, 4.69) is 24.8 Å². The molecule has 2 aliphatic rings. The van der Waals surface area contributed by atoms with Gasteiger partial charge in [0.1, 0.15) is 0 Å². The van der Waals surface area contributed by atoms with Gasteiger partial charge in [-0.1, -0.05) is 29.5 Å². The lowest BCUT2D eigenvalue weighted by Gasteiger charge is -2.30. The van der Waals surface area contributed by atoms with Crippen molar-refractivity contribution in [2.45, 2.75) is 0 Å². The van der Waals surface area contributed by atoms with E-state index in [4.69, 9.17) is 23.9 Å². The molecule has 0 aliphatic carbocycles. The molecule has 3 aromatic heterocycles. The highest BCUT2D eigenvalue weighted by atomic mass is 32.1. The summed E-state index contributed by atoms with van der Waals surface area (Å²) in [6, 6.07) is 13.3. The molecule has 210 valence electrons. The van der Waals surface area contributed by atoms with E-state index >= 15 is 0 Å². The van der Waals surface area contributed by atoms with Crippen molar-refractivity contribution >= 4 is 45.3 Å². The molecule has 2 aliphatic heterocycles. The highest BCUT2D eigenvalue weighted by molar-refractivity contribution is 7.15. The van der Waals surface area contributed by atoms with Gasteiger partial charge in [-0.25, -0.2) is 9.38 Å². The third kappa shape index (κ3) is 5.03. The molecule has 0 unspecified atom stereocenters. The van der Waals surface area contributed by atoms with Crippen molar-refractivity contribution in [3.05, 3.63) is 62.9 Å². The molecule has 2 saturated heterocycles. The van der Waals surface area contributed by atoms with E-state index in [0.29, 0.717) is 85.5 Å². The van der Waals surface area contributed by atoms with Crippen LogP contribution in [0.1, 0.15) is 5.56 Å². The molecule has 2 fully saturated rings. The summed E-state index contributed by atoms with van der Waals surface area (Å²) in [7, 11) is 1.57.